The molecule has 1 N–H and O–H groups in total. The van der Waals surface area contributed by atoms with E-state index in [-0.39, 0.29) is 11.9 Å². The lowest BCUT2D eigenvalue weighted by Crippen LogP contribution is -2.26. The summed E-state index contributed by atoms with van der Waals surface area (Å²) >= 11 is 0. The molecule has 0 saturated carbocycles. The second-order valence-corrected chi connectivity index (χ2v) is 4.44. The number of hydrogen-bond acceptors (Lipinski definition) is 3. The molecule has 1 aromatic carbocycles. The van der Waals surface area contributed by atoms with E-state index in [1.165, 1.54) is 0 Å². The number of nitrogens with one attached hydrogen (secondary N) is 1. The van der Waals surface area contributed by atoms with Crippen molar-refractivity contribution in [3.8, 4) is 5.75 Å². The Balaban J connectivity index is 2.01. The van der Waals surface area contributed by atoms with Crippen molar-refractivity contribution in [3.63, 3.8) is 0 Å². The number of nitrogens with zero attached hydrogens (tertiary/aromatic N) is 1. The normalized spacial score (nSPS) is 11.7. The molecule has 0 spiro atoms. The molecule has 0 radical (unpaired) electrons. The average Bonchev–Trinajstić information content (AvgIpc) is 2.49. The van der Waals surface area contributed by atoms with E-state index >= 15 is 0 Å². The summed E-state index contributed by atoms with van der Waals surface area (Å²) in [5.74, 6) is 0.710. The van der Waals surface area contributed by atoms with Crippen molar-refractivity contribution in [2.24, 2.45) is 0 Å². The van der Waals surface area contributed by atoms with Crippen LogP contribution in [0.2, 0.25) is 0 Å². The number of benzene rings is 1. The zero-order valence-electron chi connectivity index (χ0n) is 11.7. The Labute approximate surface area is 118 Å². The maximum absolute atomic E-state index is 12.0. The molecule has 0 saturated heterocycles. The van der Waals surface area contributed by atoms with Crippen molar-refractivity contribution in [2.75, 3.05) is 6.61 Å². The summed E-state index contributed by atoms with van der Waals surface area (Å²) < 4.78 is 5.40. The van der Waals surface area contributed by atoms with E-state index in [0.717, 1.165) is 11.3 Å². The van der Waals surface area contributed by atoms with Crippen LogP contribution in [0.25, 0.3) is 0 Å². The van der Waals surface area contributed by atoms with E-state index in [4.69, 9.17) is 4.74 Å². The molecule has 104 valence electrons. The minimum absolute atomic E-state index is 0.0709. The van der Waals surface area contributed by atoms with Gasteiger partial charge in [0.1, 0.15) is 5.75 Å². The van der Waals surface area contributed by atoms with E-state index in [2.05, 4.69) is 10.3 Å². The van der Waals surface area contributed by atoms with Crippen LogP contribution in [0.15, 0.2) is 48.8 Å². The lowest BCUT2D eigenvalue weighted by atomic mass is 10.1. The van der Waals surface area contributed by atoms with Crippen LogP contribution in [0.3, 0.4) is 0 Å². The van der Waals surface area contributed by atoms with Crippen LogP contribution in [-0.4, -0.2) is 17.5 Å². The zero-order valence-corrected chi connectivity index (χ0v) is 11.7. The molecule has 20 heavy (non-hydrogen) atoms. The van der Waals surface area contributed by atoms with Gasteiger partial charge in [-0.3, -0.25) is 9.78 Å². The molecular formula is C16H18N2O2. The predicted molar refractivity (Wildman–Crippen MR) is 77.7 cm³/mol. The second-order valence-electron chi connectivity index (χ2n) is 4.44. The lowest BCUT2D eigenvalue weighted by molar-refractivity contribution is 0.0939. The lowest BCUT2D eigenvalue weighted by Gasteiger charge is -2.14. The Morgan fingerprint density at radius 1 is 1.30 bits per heavy atom. The average molecular weight is 270 g/mol. The monoisotopic (exact) mass is 270 g/mol. The number of rotatable bonds is 5. The second kappa shape index (κ2) is 6.70. The molecule has 4 heteroatoms. The van der Waals surface area contributed by atoms with Crippen LogP contribution in [0, 0.1) is 0 Å². The van der Waals surface area contributed by atoms with Gasteiger partial charge in [0.2, 0.25) is 0 Å². The Morgan fingerprint density at radius 2 is 2.05 bits per heavy atom. The number of ether oxygens (including phenoxy) is 1. The molecule has 0 fully saturated rings. The summed E-state index contributed by atoms with van der Waals surface area (Å²) in [4.78, 5) is 16.0. The van der Waals surface area contributed by atoms with Gasteiger partial charge in [-0.05, 0) is 43.7 Å². The summed E-state index contributed by atoms with van der Waals surface area (Å²) in [6.07, 6.45) is 3.20. The van der Waals surface area contributed by atoms with Gasteiger partial charge in [-0.2, -0.15) is 0 Å². The molecule has 0 aliphatic heterocycles. The highest BCUT2D eigenvalue weighted by atomic mass is 16.5. The SMILES string of the molecule is CCOc1ccc([C@@H](C)NC(=O)c2cccnc2)cc1. The highest BCUT2D eigenvalue weighted by molar-refractivity contribution is 5.94. The van der Waals surface area contributed by atoms with E-state index in [9.17, 15) is 4.79 Å². The van der Waals surface area contributed by atoms with Gasteiger partial charge in [0.25, 0.3) is 5.91 Å². The molecule has 2 aromatic rings. The molecule has 0 aliphatic rings. The number of hydrogen-bond donors (Lipinski definition) is 1. The fourth-order valence-corrected chi connectivity index (χ4v) is 1.88. The molecule has 1 aromatic heterocycles. The largest absolute Gasteiger partial charge is 0.494 e. The van der Waals surface area contributed by atoms with Gasteiger partial charge < -0.3 is 10.1 Å². The molecule has 1 amide bonds. The van der Waals surface area contributed by atoms with Crippen LogP contribution in [0.1, 0.15) is 35.8 Å². The van der Waals surface area contributed by atoms with Crippen molar-refractivity contribution >= 4 is 5.91 Å². The van der Waals surface area contributed by atoms with Gasteiger partial charge in [0, 0.05) is 12.4 Å². The molecule has 0 unspecified atom stereocenters. The first-order valence-electron chi connectivity index (χ1n) is 6.64. The maximum Gasteiger partial charge on any atom is 0.253 e. The number of pyridine rings is 1. The standard InChI is InChI=1S/C16H18N2O2/c1-3-20-15-8-6-13(7-9-15)12(2)18-16(19)14-5-4-10-17-11-14/h4-12H,3H2,1-2H3,(H,18,19)/t12-/m1/s1. The van der Waals surface area contributed by atoms with Crippen molar-refractivity contribution in [3.05, 3.63) is 59.9 Å². The van der Waals surface area contributed by atoms with Gasteiger partial charge in [0.05, 0.1) is 18.2 Å². The number of aromatic nitrogens is 1. The molecule has 1 heterocycles. The zero-order chi connectivity index (χ0) is 14.4. The van der Waals surface area contributed by atoms with Crippen molar-refractivity contribution < 1.29 is 9.53 Å². The quantitative estimate of drug-likeness (QED) is 0.908. The minimum Gasteiger partial charge on any atom is -0.494 e. The van der Waals surface area contributed by atoms with Crippen molar-refractivity contribution in [1.29, 1.82) is 0 Å². The third-order valence-electron chi connectivity index (χ3n) is 2.96. The van der Waals surface area contributed by atoms with E-state index in [1.54, 1.807) is 24.5 Å². The summed E-state index contributed by atoms with van der Waals surface area (Å²) in [7, 11) is 0. The summed E-state index contributed by atoms with van der Waals surface area (Å²) in [5, 5.41) is 2.94. The van der Waals surface area contributed by atoms with Gasteiger partial charge in [-0.1, -0.05) is 12.1 Å². The molecule has 4 nitrogen and oxygen atoms in total. The third kappa shape index (κ3) is 3.57. The summed E-state index contributed by atoms with van der Waals surface area (Å²) in [5.41, 5.74) is 1.59. The Kier molecular flexibility index (Phi) is 4.71. The fourth-order valence-electron chi connectivity index (χ4n) is 1.88. The highest BCUT2D eigenvalue weighted by Crippen LogP contribution is 2.18. The summed E-state index contributed by atoms with van der Waals surface area (Å²) in [6, 6.07) is 11.2. The van der Waals surface area contributed by atoms with Gasteiger partial charge in [-0.15, -0.1) is 0 Å². The smallest absolute Gasteiger partial charge is 0.253 e. The number of carbonyl (C=O) groups is 1. The van der Waals surface area contributed by atoms with Crippen LogP contribution in [-0.2, 0) is 0 Å². The fraction of sp³-hybridized carbons (Fsp3) is 0.250. The maximum atomic E-state index is 12.0. The Bertz CT molecular complexity index is 552. The molecule has 1 atom stereocenters. The number of carbonyl (C=O) groups excluding carboxylic acids is 1. The molecular weight excluding hydrogens is 252 g/mol. The van der Waals surface area contributed by atoms with Crippen LogP contribution >= 0.6 is 0 Å². The first-order chi connectivity index (χ1) is 9.70. The Hall–Kier alpha value is -2.36. The Morgan fingerprint density at radius 3 is 2.65 bits per heavy atom. The predicted octanol–water partition coefficient (Wildman–Crippen LogP) is 2.97. The minimum atomic E-state index is -0.125. The van der Waals surface area contributed by atoms with Crippen molar-refractivity contribution in [2.45, 2.75) is 19.9 Å². The van der Waals surface area contributed by atoms with E-state index in [1.807, 2.05) is 38.1 Å². The van der Waals surface area contributed by atoms with E-state index in [0.29, 0.717) is 12.2 Å². The molecule has 2 rings (SSSR count). The first-order valence-corrected chi connectivity index (χ1v) is 6.64. The van der Waals surface area contributed by atoms with Crippen LogP contribution in [0.5, 0.6) is 5.75 Å². The molecule has 0 bridgehead atoms. The van der Waals surface area contributed by atoms with Gasteiger partial charge in [0.15, 0.2) is 0 Å². The van der Waals surface area contributed by atoms with E-state index < -0.39 is 0 Å². The van der Waals surface area contributed by atoms with Crippen LogP contribution < -0.4 is 10.1 Å². The van der Waals surface area contributed by atoms with Crippen molar-refractivity contribution in [1.82, 2.24) is 10.3 Å². The highest BCUT2D eigenvalue weighted by Gasteiger charge is 2.11. The van der Waals surface area contributed by atoms with Gasteiger partial charge in [-0.25, -0.2) is 0 Å². The van der Waals surface area contributed by atoms with Crippen LogP contribution in [0.4, 0.5) is 0 Å². The first kappa shape index (κ1) is 14.1. The third-order valence-corrected chi connectivity index (χ3v) is 2.96. The van der Waals surface area contributed by atoms with Gasteiger partial charge >= 0.3 is 0 Å². The topological polar surface area (TPSA) is 51.2 Å². The summed E-state index contributed by atoms with van der Waals surface area (Å²) in [6.45, 7) is 4.54. The molecule has 0 aliphatic carbocycles. The number of amides is 1.